The third-order valence-corrected chi connectivity index (χ3v) is 2.32. The molecule has 0 aliphatic carbocycles. The summed E-state index contributed by atoms with van der Waals surface area (Å²) in [6, 6.07) is 5.69. The van der Waals surface area contributed by atoms with Crippen LogP contribution in [-0.2, 0) is 0 Å². The monoisotopic (exact) mass is 195 g/mol. The van der Waals surface area contributed by atoms with Gasteiger partial charge in [0.25, 0.3) is 0 Å². The molecule has 3 heteroatoms. The molecule has 0 bridgehead atoms. The molecular weight excluding hydrogens is 178 g/mol. The first kappa shape index (κ1) is 11.0. The first-order valence-electron chi connectivity index (χ1n) is 4.73. The van der Waals surface area contributed by atoms with Crippen LogP contribution in [0.2, 0.25) is 0 Å². The molecule has 0 atom stereocenters. The van der Waals surface area contributed by atoms with Gasteiger partial charge in [0.2, 0.25) is 0 Å². The van der Waals surface area contributed by atoms with Crippen LogP contribution >= 0.6 is 0 Å². The molecule has 0 radical (unpaired) electrons. The second-order valence-corrected chi connectivity index (χ2v) is 3.51. The smallest absolute Gasteiger partial charge is 0.0723 e. The third-order valence-electron chi connectivity index (χ3n) is 2.32. The predicted octanol–water partition coefficient (Wildman–Crippen LogP) is 1.07. The zero-order valence-corrected chi connectivity index (χ0v) is 8.62. The van der Waals surface area contributed by atoms with Crippen molar-refractivity contribution in [1.29, 1.82) is 0 Å². The van der Waals surface area contributed by atoms with Crippen LogP contribution < -0.4 is 5.32 Å². The minimum Gasteiger partial charge on any atom is -0.394 e. The topological polar surface area (TPSA) is 52.5 Å². The molecule has 14 heavy (non-hydrogen) atoms. The van der Waals surface area contributed by atoms with Gasteiger partial charge in [-0.2, -0.15) is 0 Å². The first-order valence-corrected chi connectivity index (χ1v) is 4.73. The van der Waals surface area contributed by atoms with Crippen molar-refractivity contribution in [1.82, 2.24) is 0 Å². The normalized spacial score (nSPS) is 10.6. The molecule has 3 N–H and O–H groups in total. The van der Waals surface area contributed by atoms with E-state index in [0.29, 0.717) is 0 Å². The van der Waals surface area contributed by atoms with E-state index in [1.165, 1.54) is 11.1 Å². The molecule has 1 aromatic carbocycles. The molecule has 0 heterocycles. The van der Waals surface area contributed by atoms with Crippen molar-refractivity contribution in [2.75, 3.05) is 18.5 Å². The summed E-state index contributed by atoms with van der Waals surface area (Å²) in [6.07, 6.45) is 0. The van der Waals surface area contributed by atoms with Gasteiger partial charge in [-0.25, -0.2) is 0 Å². The number of benzene rings is 1. The number of anilines is 1. The number of aliphatic hydroxyl groups excluding tert-OH is 2. The Balaban J connectivity index is 2.72. The van der Waals surface area contributed by atoms with Crippen molar-refractivity contribution in [3.8, 4) is 0 Å². The van der Waals surface area contributed by atoms with Gasteiger partial charge in [0.15, 0.2) is 0 Å². The Hall–Kier alpha value is -1.06. The fourth-order valence-electron chi connectivity index (χ4n) is 1.22. The highest BCUT2D eigenvalue weighted by molar-refractivity contribution is 5.48. The van der Waals surface area contributed by atoms with Crippen LogP contribution in [-0.4, -0.2) is 29.5 Å². The van der Waals surface area contributed by atoms with Crippen LogP contribution in [0.5, 0.6) is 0 Å². The van der Waals surface area contributed by atoms with Gasteiger partial charge in [0.05, 0.1) is 19.3 Å². The van der Waals surface area contributed by atoms with Gasteiger partial charge in [0.1, 0.15) is 0 Å². The summed E-state index contributed by atoms with van der Waals surface area (Å²) in [7, 11) is 0. The second-order valence-electron chi connectivity index (χ2n) is 3.51. The Morgan fingerprint density at radius 3 is 2.29 bits per heavy atom. The number of hydrogen-bond donors (Lipinski definition) is 3. The molecule has 1 rings (SSSR count). The molecule has 0 saturated carbocycles. The van der Waals surface area contributed by atoms with Crippen molar-refractivity contribution < 1.29 is 10.2 Å². The van der Waals surface area contributed by atoms with E-state index < -0.39 is 0 Å². The lowest BCUT2D eigenvalue weighted by atomic mass is 10.1. The quantitative estimate of drug-likeness (QED) is 0.673. The molecule has 0 aliphatic heterocycles. The van der Waals surface area contributed by atoms with E-state index >= 15 is 0 Å². The van der Waals surface area contributed by atoms with E-state index in [1.54, 1.807) is 0 Å². The maximum absolute atomic E-state index is 8.89. The highest BCUT2D eigenvalue weighted by Crippen LogP contribution is 2.14. The van der Waals surface area contributed by atoms with Crippen LogP contribution in [0.3, 0.4) is 0 Å². The second kappa shape index (κ2) is 4.98. The Labute approximate surface area is 84.4 Å². The van der Waals surface area contributed by atoms with E-state index in [1.807, 2.05) is 25.1 Å². The molecular formula is C11H17NO2. The van der Waals surface area contributed by atoms with Crippen molar-refractivity contribution in [3.63, 3.8) is 0 Å². The molecule has 0 unspecified atom stereocenters. The molecule has 0 aromatic heterocycles. The van der Waals surface area contributed by atoms with Crippen LogP contribution in [0.1, 0.15) is 11.1 Å². The van der Waals surface area contributed by atoms with Crippen LogP contribution in [0, 0.1) is 13.8 Å². The van der Waals surface area contributed by atoms with Gasteiger partial charge >= 0.3 is 0 Å². The number of nitrogens with one attached hydrogen (secondary N) is 1. The molecule has 0 spiro atoms. The average molecular weight is 195 g/mol. The minimum absolute atomic E-state index is 0.0660. The maximum atomic E-state index is 8.89. The number of aryl methyl sites for hydroxylation is 2. The van der Waals surface area contributed by atoms with E-state index in [9.17, 15) is 0 Å². The molecule has 0 aliphatic rings. The Morgan fingerprint density at radius 1 is 1.14 bits per heavy atom. The van der Waals surface area contributed by atoms with Gasteiger partial charge in [-0.05, 0) is 37.1 Å². The fourth-order valence-corrected chi connectivity index (χ4v) is 1.22. The fraction of sp³-hybridized carbons (Fsp3) is 0.455. The zero-order valence-electron chi connectivity index (χ0n) is 8.62. The van der Waals surface area contributed by atoms with E-state index in [-0.39, 0.29) is 19.3 Å². The Bertz CT molecular complexity index is 295. The lowest BCUT2D eigenvalue weighted by molar-refractivity contribution is 0.204. The standard InChI is InChI=1S/C11H17NO2/c1-8-3-4-10(5-9(8)2)12-11(6-13)7-14/h3-5,11-14H,6-7H2,1-2H3. The highest BCUT2D eigenvalue weighted by Gasteiger charge is 2.05. The van der Waals surface area contributed by atoms with Crippen molar-refractivity contribution in [2.24, 2.45) is 0 Å². The van der Waals surface area contributed by atoms with E-state index in [0.717, 1.165) is 5.69 Å². The van der Waals surface area contributed by atoms with Crippen LogP contribution in [0.25, 0.3) is 0 Å². The van der Waals surface area contributed by atoms with Crippen molar-refractivity contribution in [3.05, 3.63) is 29.3 Å². The average Bonchev–Trinajstić information content (AvgIpc) is 2.19. The summed E-state index contributed by atoms with van der Waals surface area (Å²) in [5.74, 6) is 0. The summed E-state index contributed by atoms with van der Waals surface area (Å²) < 4.78 is 0. The minimum atomic E-state index is -0.280. The SMILES string of the molecule is Cc1ccc(NC(CO)CO)cc1C. The zero-order chi connectivity index (χ0) is 10.6. The lowest BCUT2D eigenvalue weighted by Crippen LogP contribution is -2.27. The molecule has 0 fully saturated rings. The predicted molar refractivity (Wildman–Crippen MR) is 57.5 cm³/mol. The Morgan fingerprint density at radius 2 is 1.79 bits per heavy atom. The largest absolute Gasteiger partial charge is 0.394 e. The summed E-state index contributed by atoms with van der Waals surface area (Å²) in [6.45, 7) is 3.95. The maximum Gasteiger partial charge on any atom is 0.0723 e. The first-order chi connectivity index (χ1) is 6.67. The number of hydrogen-bond acceptors (Lipinski definition) is 3. The third kappa shape index (κ3) is 2.72. The van der Waals surface area contributed by atoms with Gasteiger partial charge in [-0.3, -0.25) is 0 Å². The highest BCUT2D eigenvalue weighted by atomic mass is 16.3. The van der Waals surface area contributed by atoms with Gasteiger partial charge in [-0.1, -0.05) is 6.07 Å². The molecule has 3 nitrogen and oxygen atoms in total. The van der Waals surface area contributed by atoms with E-state index in [2.05, 4.69) is 12.2 Å². The van der Waals surface area contributed by atoms with Crippen LogP contribution in [0.15, 0.2) is 18.2 Å². The lowest BCUT2D eigenvalue weighted by Gasteiger charge is -2.15. The number of aliphatic hydroxyl groups is 2. The van der Waals surface area contributed by atoms with Gasteiger partial charge < -0.3 is 15.5 Å². The number of rotatable bonds is 4. The van der Waals surface area contributed by atoms with Crippen molar-refractivity contribution >= 4 is 5.69 Å². The Kier molecular flexibility index (Phi) is 3.92. The van der Waals surface area contributed by atoms with Gasteiger partial charge in [0, 0.05) is 5.69 Å². The summed E-state index contributed by atoms with van der Waals surface area (Å²) in [5.41, 5.74) is 3.37. The summed E-state index contributed by atoms with van der Waals surface area (Å²) in [5, 5.41) is 20.8. The van der Waals surface area contributed by atoms with Crippen LogP contribution in [0.4, 0.5) is 5.69 Å². The summed E-state index contributed by atoms with van der Waals surface area (Å²) in [4.78, 5) is 0. The molecule has 78 valence electrons. The molecule has 0 saturated heterocycles. The molecule has 1 aromatic rings. The molecule has 0 amide bonds. The summed E-state index contributed by atoms with van der Waals surface area (Å²) >= 11 is 0. The van der Waals surface area contributed by atoms with E-state index in [4.69, 9.17) is 10.2 Å². The van der Waals surface area contributed by atoms with Gasteiger partial charge in [-0.15, -0.1) is 0 Å². The van der Waals surface area contributed by atoms with Crippen molar-refractivity contribution in [2.45, 2.75) is 19.9 Å².